The molecule has 1 aliphatic carbocycles. The first-order valence-corrected chi connectivity index (χ1v) is 13.1. The number of carbonyl (C=O) groups is 3. The predicted molar refractivity (Wildman–Crippen MR) is 147 cm³/mol. The van der Waals surface area contributed by atoms with Crippen LogP contribution in [0.15, 0.2) is 59.3 Å². The third-order valence-electron chi connectivity index (χ3n) is 6.70. The van der Waals surface area contributed by atoms with Crippen LogP contribution in [0.1, 0.15) is 68.3 Å². The average Bonchev–Trinajstić information content (AvgIpc) is 3.77. The van der Waals surface area contributed by atoms with Gasteiger partial charge in [-0.1, -0.05) is 37.6 Å². The number of hydrogen-bond acceptors (Lipinski definition) is 5. The van der Waals surface area contributed by atoms with Crippen LogP contribution in [-0.2, 0) is 9.59 Å². The molecule has 1 saturated carbocycles. The van der Waals surface area contributed by atoms with Crippen molar-refractivity contribution < 1.29 is 14.4 Å². The number of rotatable bonds is 7. The summed E-state index contributed by atoms with van der Waals surface area (Å²) in [7, 11) is 1.76. The first-order valence-electron chi connectivity index (χ1n) is 13.1. The van der Waals surface area contributed by atoms with Crippen LogP contribution in [0.3, 0.4) is 0 Å². The Labute approximate surface area is 220 Å². The van der Waals surface area contributed by atoms with Crippen molar-refractivity contribution in [3.05, 3.63) is 65.4 Å². The van der Waals surface area contributed by atoms with Crippen molar-refractivity contribution in [1.82, 2.24) is 15.3 Å². The van der Waals surface area contributed by atoms with Crippen molar-refractivity contribution >= 4 is 29.6 Å². The van der Waals surface area contributed by atoms with Gasteiger partial charge in [0.2, 0.25) is 5.91 Å². The number of unbranched alkanes of at least 4 members (excludes halogenated alkanes) is 1. The number of aldehydes is 1. The molecule has 1 aromatic carbocycles. The number of primary amides is 1. The first kappa shape index (κ1) is 27.9. The fourth-order valence-corrected chi connectivity index (χ4v) is 4.10. The van der Waals surface area contributed by atoms with E-state index in [1.807, 2.05) is 48.4 Å². The standard InChI is InChI=1S/C25H33N5O2.C4H6O/c1-4-5-7-22-8-6-9-23(30(22)28-18(2)27-3)19-10-12-21(13-11-19)25(32)29-16-14-20(15-17-29)24(26)31;5-3-4-1-2-4/h6-13,20H,4-5,14-17H2,1-3H3,(H2,26,31)(H,27,28);3-4H,1-2H2/b22-7+;. The fraction of sp³-hybridized carbons (Fsp3) is 0.448. The zero-order valence-corrected chi connectivity index (χ0v) is 22.2. The number of carbonyl (C=O) groups excluding carboxylic acids is 3. The highest BCUT2D eigenvalue weighted by molar-refractivity contribution is 5.95. The number of hydrazine groups is 1. The van der Waals surface area contributed by atoms with Crippen molar-refractivity contribution in [2.24, 2.45) is 22.6 Å². The van der Waals surface area contributed by atoms with E-state index >= 15 is 0 Å². The Morgan fingerprint density at radius 1 is 1.14 bits per heavy atom. The zero-order chi connectivity index (χ0) is 26.8. The highest BCUT2D eigenvalue weighted by Crippen LogP contribution is 2.28. The van der Waals surface area contributed by atoms with Crippen LogP contribution in [-0.4, -0.2) is 54.0 Å². The second-order valence-electron chi connectivity index (χ2n) is 9.60. The molecular weight excluding hydrogens is 466 g/mol. The molecule has 3 N–H and O–H groups in total. The Kier molecular flexibility index (Phi) is 10.2. The zero-order valence-electron chi connectivity index (χ0n) is 22.2. The lowest BCUT2D eigenvalue weighted by molar-refractivity contribution is -0.123. The van der Waals surface area contributed by atoms with Crippen molar-refractivity contribution in [2.45, 2.75) is 52.4 Å². The number of amidine groups is 1. The molecule has 2 amide bonds. The van der Waals surface area contributed by atoms with Gasteiger partial charge in [-0.3, -0.25) is 25.0 Å². The molecule has 1 aromatic rings. The molecule has 37 heavy (non-hydrogen) atoms. The number of piperidine rings is 1. The lowest BCUT2D eigenvalue weighted by Gasteiger charge is -2.32. The van der Waals surface area contributed by atoms with Crippen LogP contribution in [0.5, 0.6) is 0 Å². The molecule has 8 nitrogen and oxygen atoms in total. The summed E-state index contributed by atoms with van der Waals surface area (Å²) < 4.78 is 0. The lowest BCUT2D eigenvalue weighted by atomic mass is 9.95. The Morgan fingerprint density at radius 3 is 2.32 bits per heavy atom. The molecule has 198 valence electrons. The maximum Gasteiger partial charge on any atom is 0.253 e. The van der Waals surface area contributed by atoms with Crippen LogP contribution in [0.2, 0.25) is 0 Å². The van der Waals surface area contributed by atoms with Crippen molar-refractivity contribution in [1.29, 1.82) is 0 Å². The van der Waals surface area contributed by atoms with Gasteiger partial charge < -0.3 is 15.4 Å². The van der Waals surface area contributed by atoms with Gasteiger partial charge in [0.25, 0.3) is 5.91 Å². The molecule has 0 spiro atoms. The number of nitrogens with two attached hydrogens (primary N) is 1. The lowest BCUT2D eigenvalue weighted by Crippen LogP contribution is -2.41. The minimum atomic E-state index is -0.273. The van der Waals surface area contributed by atoms with Gasteiger partial charge in [-0.15, -0.1) is 0 Å². The van der Waals surface area contributed by atoms with E-state index in [9.17, 15) is 14.4 Å². The van der Waals surface area contributed by atoms with E-state index < -0.39 is 0 Å². The van der Waals surface area contributed by atoms with Gasteiger partial charge in [-0.05, 0) is 63.3 Å². The van der Waals surface area contributed by atoms with Crippen LogP contribution < -0.4 is 11.2 Å². The maximum atomic E-state index is 12.9. The van der Waals surface area contributed by atoms with E-state index in [0.717, 1.165) is 54.8 Å². The van der Waals surface area contributed by atoms with E-state index in [1.165, 1.54) is 0 Å². The number of allylic oxidation sites excluding steroid dienone is 4. The van der Waals surface area contributed by atoms with Crippen LogP contribution in [0.4, 0.5) is 0 Å². The fourth-order valence-electron chi connectivity index (χ4n) is 4.10. The molecule has 2 heterocycles. The van der Waals surface area contributed by atoms with Crippen LogP contribution >= 0.6 is 0 Å². The number of benzene rings is 1. The number of amides is 2. The van der Waals surface area contributed by atoms with Crippen LogP contribution in [0, 0.1) is 11.8 Å². The Balaban J connectivity index is 0.000000678. The van der Waals surface area contributed by atoms with Gasteiger partial charge in [0.05, 0.1) is 11.4 Å². The third-order valence-corrected chi connectivity index (χ3v) is 6.70. The number of nitrogens with one attached hydrogen (secondary N) is 1. The molecule has 0 aromatic heterocycles. The highest BCUT2D eigenvalue weighted by Gasteiger charge is 2.26. The van der Waals surface area contributed by atoms with Crippen molar-refractivity contribution in [2.75, 3.05) is 20.1 Å². The summed E-state index contributed by atoms with van der Waals surface area (Å²) in [6.07, 6.45) is 15.0. The van der Waals surface area contributed by atoms with Crippen molar-refractivity contribution in [3.63, 3.8) is 0 Å². The molecule has 4 rings (SSSR count). The largest absolute Gasteiger partial charge is 0.369 e. The first-order chi connectivity index (χ1) is 17.9. The van der Waals surface area contributed by atoms with Gasteiger partial charge in [0.15, 0.2) is 0 Å². The molecule has 0 bridgehead atoms. The minimum Gasteiger partial charge on any atom is -0.369 e. The van der Waals surface area contributed by atoms with Crippen molar-refractivity contribution in [3.8, 4) is 0 Å². The van der Waals surface area contributed by atoms with E-state index in [0.29, 0.717) is 37.4 Å². The van der Waals surface area contributed by atoms with E-state index in [4.69, 9.17) is 5.73 Å². The minimum absolute atomic E-state index is 0.00976. The van der Waals surface area contributed by atoms with Gasteiger partial charge in [-0.25, -0.2) is 0 Å². The second kappa shape index (κ2) is 13.6. The molecule has 0 atom stereocenters. The third kappa shape index (κ3) is 7.90. The summed E-state index contributed by atoms with van der Waals surface area (Å²) in [5.74, 6) is 0.848. The van der Waals surface area contributed by atoms with Gasteiger partial charge >= 0.3 is 0 Å². The molecule has 3 aliphatic rings. The number of nitrogens with zero attached hydrogens (tertiary/aromatic N) is 3. The quantitative estimate of drug-likeness (QED) is 0.330. The molecule has 2 aliphatic heterocycles. The normalized spacial score (nSPS) is 19.2. The number of hydrogen-bond donors (Lipinski definition) is 2. The highest BCUT2D eigenvalue weighted by atomic mass is 16.2. The van der Waals surface area contributed by atoms with Crippen LogP contribution in [0.25, 0.3) is 5.70 Å². The van der Waals surface area contributed by atoms with Gasteiger partial charge in [-0.2, -0.15) is 0 Å². The Morgan fingerprint density at radius 2 is 1.81 bits per heavy atom. The molecule has 2 fully saturated rings. The summed E-state index contributed by atoms with van der Waals surface area (Å²) in [6.45, 7) is 5.20. The smallest absolute Gasteiger partial charge is 0.253 e. The molecule has 0 radical (unpaired) electrons. The molecular formula is C29H39N5O3. The summed E-state index contributed by atoms with van der Waals surface area (Å²) in [6, 6.07) is 7.68. The monoisotopic (exact) mass is 505 g/mol. The number of likely N-dealkylation sites (tertiary alicyclic amines) is 1. The molecule has 1 saturated heterocycles. The van der Waals surface area contributed by atoms with E-state index in [2.05, 4.69) is 29.5 Å². The Hall–Kier alpha value is -3.68. The van der Waals surface area contributed by atoms with Gasteiger partial charge in [0.1, 0.15) is 12.1 Å². The maximum absolute atomic E-state index is 12.9. The summed E-state index contributed by atoms with van der Waals surface area (Å²) in [5.41, 5.74) is 12.4. The summed E-state index contributed by atoms with van der Waals surface area (Å²) >= 11 is 0. The summed E-state index contributed by atoms with van der Waals surface area (Å²) in [4.78, 5) is 39.9. The molecule has 8 heteroatoms. The average molecular weight is 506 g/mol. The van der Waals surface area contributed by atoms with Gasteiger partial charge in [0, 0.05) is 43.1 Å². The number of aliphatic imine (C=N–C) groups is 1. The SMILES string of the molecule is CCC/C=C1\C=CC=C(c2ccc(C(=O)N3CCC(C(N)=O)CC3)cc2)N1NC(C)=NC.O=CC1CC1. The summed E-state index contributed by atoms with van der Waals surface area (Å²) in [5, 5.41) is 2.03. The van der Waals surface area contributed by atoms with E-state index in [-0.39, 0.29) is 17.7 Å². The Bertz CT molecular complexity index is 1080. The predicted octanol–water partition coefficient (Wildman–Crippen LogP) is 4.07. The molecule has 0 unspecified atom stereocenters. The second-order valence-corrected chi connectivity index (χ2v) is 9.60. The van der Waals surface area contributed by atoms with E-state index in [1.54, 1.807) is 11.9 Å². The topological polar surface area (TPSA) is 108 Å².